The average Bonchev–Trinajstić information content (AvgIpc) is 2.68. The first-order valence-electron chi connectivity index (χ1n) is 8.40. The molecule has 0 saturated carbocycles. The topological polar surface area (TPSA) is 61.2 Å². The van der Waals surface area contributed by atoms with Crippen LogP contribution in [0.2, 0.25) is 0 Å². The molecule has 0 spiro atoms. The zero-order chi connectivity index (χ0) is 19.3. The summed E-state index contributed by atoms with van der Waals surface area (Å²) in [4.78, 5) is 7.85. The molecule has 2 aromatic rings. The average molecular weight is 380 g/mol. The fraction of sp³-hybridized carbons (Fsp3) is 0.333. The number of pyridine rings is 1. The van der Waals surface area contributed by atoms with E-state index in [1.807, 2.05) is 30.3 Å². The normalized spacial score (nSPS) is 15.7. The zero-order valence-electron chi connectivity index (χ0n) is 14.4. The molecule has 3 rings (SSSR count). The van der Waals surface area contributed by atoms with Gasteiger partial charge in [-0.1, -0.05) is 23.4 Å². The van der Waals surface area contributed by atoms with E-state index in [0.717, 1.165) is 5.69 Å². The number of benzene rings is 1. The molecule has 2 heterocycles. The van der Waals surface area contributed by atoms with Crippen LogP contribution in [0.5, 0.6) is 5.88 Å². The number of oxime groups is 1. The van der Waals surface area contributed by atoms with E-state index in [1.165, 1.54) is 12.3 Å². The molecule has 27 heavy (non-hydrogen) atoms. The Labute approximate surface area is 154 Å². The highest BCUT2D eigenvalue weighted by Crippen LogP contribution is 2.23. The van der Waals surface area contributed by atoms with Crippen molar-refractivity contribution >= 4 is 11.5 Å². The molecule has 0 radical (unpaired) electrons. The minimum Gasteiger partial charge on any atom is -0.467 e. The molecule has 1 N–H and O–H groups in total. The van der Waals surface area contributed by atoms with Gasteiger partial charge in [0.2, 0.25) is 5.88 Å². The third kappa shape index (κ3) is 4.81. The van der Waals surface area contributed by atoms with Gasteiger partial charge in [-0.05, 0) is 24.3 Å². The van der Waals surface area contributed by atoms with E-state index in [1.54, 1.807) is 11.0 Å². The molecular formula is C18H19F3N4O2. The number of ether oxygens (including phenoxy) is 1. The number of amidine groups is 1. The van der Waals surface area contributed by atoms with Crippen molar-refractivity contribution in [3.05, 3.63) is 54.2 Å². The van der Waals surface area contributed by atoms with Gasteiger partial charge in [0, 0.05) is 38.1 Å². The van der Waals surface area contributed by atoms with Crippen LogP contribution in [0.3, 0.4) is 0 Å². The van der Waals surface area contributed by atoms with Gasteiger partial charge in [-0.25, -0.2) is 4.98 Å². The lowest BCUT2D eigenvalue weighted by Gasteiger charge is -2.37. The summed E-state index contributed by atoms with van der Waals surface area (Å²) in [7, 11) is 0. The maximum Gasteiger partial charge on any atom is 0.422 e. The maximum atomic E-state index is 12.5. The summed E-state index contributed by atoms with van der Waals surface area (Å²) in [5, 5.41) is 12.8. The van der Waals surface area contributed by atoms with E-state index >= 15 is 0 Å². The summed E-state index contributed by atoms with van der Waals surface area (Å²) in [6.45, 7) is 0.991. The molecule has 0 bridgehead atoms. The largest absolute Gasteiger partial charge is 0.467 e. The van der Waals surface area contributed by atoms with Crippen molar-refractivity contribution in [2.45, 2.75) is 6.18 Å². The summed E-state index contributed by atoms with van der Waals surface area (Å²) in [5.74, 6) is -0.0684. The Morgan fingerprint density at radius 1 is 1.07 bits per heavy atom. The van der Waals surface area contributed by atoms with Gasteiger partial charge in [0.15, 0.2) is 12.4 Å². The quantitative estimate of drug-likeness (QED) is 0.382. The van der Waals surface area contributed by atoms with E-state index in [0.29, 0.717) is 26.2 Å². The molecule has 6 nitrogen and oxygen atoms in total. The van der Waals surface area contributed by atoms with Crippen molar-refractivity contribution < 1.29 is 23.1 Å². The molecule has 1 aromatic heterocycles. The Morgan fingerprint density at radius 3 is 2.41 bits per heavy atom. The summed E-state index contributed by atoms with van der Waals surface area (Å²) < 4.78 is 42.2. The van der Waals surface area contributed by atoms with Crippen molar-refractivity contribution in [1.29, 1.82) is 0 Å². The highest BCUT2D eigenvalue weighted by atomic mass is 19.4. The molecule has 1 aromatic carbocycles. The Hall–Kier alpha value is -2.97. The first kappa shape index (κ1) is 18.8. The van der Waals surface area contributed by atoms with E-state index in [9.17, 15) is 18.4 Å². The standard InChI is InChI=1S/C18H19F3N4O2/c19-18(20,21)13-27-17-15(7-4-8-22-17)16(23-26)25-11-9-24(10-12-25)14-5-2-1-3-6-14/h1-8,26H,9-13H2/b23-16-. The molecule has 1 aliphatic heterocycles. The predicted molar refractivity (Wildman–Crippen MR) is 94.3 cm³/mol. The fourth-order valence-corrected chi connectivity index (χ4v) is 2.93. The molecule has 1 saturated heterocycles. The molecule has 0 atom stereocenters. The Morgan fingerprint density at radius 2 is 1.78 bits per heavy atom. The van der Waals surface area contributed by atoms with E-state index in [-0.39, 0.29) is 17.3 Å². The Balaban J connectivity index is 1.72. The lowest BCUT2D eigenvalue weighted by molar-refractivity contribution is -0.154. The smallest absolute Gasteiger partial charge is 0.422 e. The van der Waals surface area contributed by atoms with Crippen LogP contribution >= 0.6 is 0 Å². The Kier molecular flexibility index (Phi) is 5.68. The van der Waals surface area contributed by atoms with Gasteiger partial charge in [0.05, 0.1) is 5.56 Å². The number of hydrogen-bond acceptors (Lipinski definition) is 5. The maximum absolute atomic E-state index is 12.5. The van der Waals surface area contributed by atoms with Crippen LogP contribution in [-0.4, -0.2) is 59.9 Å². The van der Waals surface area contributed by atoms with Crippen LogP contribution in [0, 0.1) is 0 Å². The molecule has 1 fully saturated rings. The van der Waals surface area contributed by atoms with Gasteiger partial charge in [-0.2, -0.15) is 13.2 Å². The van der Waals surface area contributed by atoms with Crippen LogP contribution < -0.4 is 9.64 Å². The van der Waals surface area contributed by atoms with Gasteiger partial charge >= 0.3 is 6.18 Å². The lowest BCUT2D eigenvalue weighted by atomic mass is 10.2. The number of para-hydroxylation sites is 1. The van der Waals surface area contributed by atoms with Gasteiger partial charge < -0.3 is 19.7 Å². The van der Waals surface area contributed by atoms with Crippen molar-refractivity contribution in [2.75, 3.05) is 37.7 Å². The number of hydrogen-bond donors (Lipinski definition) is 1. The number of rotatable bonds is 4. The number of piperazine rings is 1. The number of nitrogens with zero attached hydrogens (tertiary/aromatic N) is 4. The number of alkyl halides is 3. The molecule has 0 aliphatic carbocycles. The molecule has 1 aliphatic rings. The molecule has 0 amide bonds. The van der Waals surface area contributed by atoms with E-state index in [2.05, 4.69) is 15.0 Å². The predicted octanol–water partition coefficient (Wildman–Crippen LogP) is 2.98. The molecule has 0 unspecified atom stereocenters. The van der Waals surface area contributed by atoms with Crippen LogP contribution in [-0.2, 0) is 0 Å². The SMILES string of the molecule is O/N=C(/c1cccnc1OCC(F)(F)F)N1CCN(c2ccccc2)CC1. The van der Waals surface area contributed by atoms with Crippen molar-refractivity contribution in [1.82, 2.24) is 9.88 Å². The summed E-state index contributed by atoms with van der Waals surface area (Å²) in [5.41, 5.74) is 1.31. The minimum absolute atomic E-state index is 0.146. The van der Waals surface area contributed by atoms with Crippen LogP contribution in [0.15, 0.2) is 53.8 Å². The first-order chi connectivity index (χ1) is 13.0. The van der Waals surface area contributed by atoms with Gasteiger partial charge in [0.1, 0.15) is 0 Å². The van der Waals surface area contributed by atoms with Gasteiger partial charge in [-0.15, -0.1) is 0 Å². The Bertz CT molecular complexity index is 776. The van der Waals surface area contributed by atoms with E-state index < -0.39 is 12.8 Å². The second kappa shape index (κ2) is 8.15. The molecule has 9 heteroatoms. The van der Waals surface area contributed by atoms with Crippen LogP contribution in [0.4, 0.5) is 18.9 Å². The number of anilines is 1. The van der Waals surface area contributed by atoms with E-state index in [4.69, 9.17) is 4.74 Å². The van der Waals surface area contributed by atoms with Crippen LogP contribution in [0.25, 0.3) is 0 Å². The monoisotopic (exact) mass is 380 g/mol. The fourth-order valence-electron chi connectivity index (χ4n) is 2.93. The summed E-state index contributed by atoms with van der Waals surface area (Å²) >= 11 is 0. The highest BCUT2D eigenvalue weighted by molar-refractivity contribution is 6.00. The third-order valence-electron chi connectivity index (χ3n) is 4.18. The molecular weight excluding hydrogens is 361 g/mol. The van der Waals surface area contributed by atoms with Gasteiger partial charge in [-0.3, -0.25) is 0 Å². The zero-order valence-corrected chi connectivity index (χ0v) is 14.4. The highest BCUT2D eigenvalue weighted by Gasteiger charge is 2.30. The first-order valence-corrected chi connectivity index (χ1v) is 8.40. The third-order valence-corrected chi connectivity index (χ3v) is 4.18. The summed E-state index contributed by atoms with van der Waals surface area (Å²) in [6.07, 6.45) is -3.15. The second-order valence-electron chi connectivity index (χ2n) is 5.99. The number of halogens is 3. The van der Waals surface area contributed by atoms with Crippen molar-refractivity contribution in [2.24, 2.45) is 5.16 Å². The minimum atomic E-state index is -4.48. The van der Waals surface area contributed by atoms with Crippen molar-refractivity contribution in [3.63, 3.8) is 0 Å². The molecule has 144 valence electrons. The van der Waals surface area contributed by atoms with Crippen LogP contribution in [0.1, 0.15) is 5.56 Å². The van der Waals surface area contributed by atoms with Gasteiger partial charge in [0.25, 0.3) is 0 Å². The summed E-state index contributed by atoms with van der Waals surface area (Å²) in [6, 6.07) is 13.0. The second-order valence-corrected chi connectivity index (χ2v) is 5.99. The van der Waals surface area contributed by atoms with Crippen molar-refractivity contribution in [3.8, 4) is 5.88 Å². The number of aromatic nitrogens is 1. The lowest BCUT2D eigenvalue weighted by Crippen LogP contribution is -2.49.